The van der Waals surface area contributed by atoms with E-state index in [-0.39, 0.29) is 30.2 Å². The first-order valence-corrected chi connectivity index (χ1v) is 10.5. The summed E-state index contributed by atoms with van der Waals surface area (Å²) in [5.41, 5.74) is 9.95. The molecule has 3 N–H and O–H groups in total. The van der Waals surface area contributed by atoms with Crippen molar-refractivity contribution in [3.63, 3.8) is 0 Å². The monoisotopic (exact) mass is 464 g/mol. The predicted molar refractivity (Wildman–Crippen MR) is 129 cm³/mol. The predicted octanol–water partition coefficient (Wildman–Crippen LogP) is 3.80. The number of H-pyrrole nitrogens is 1. The summed E-state index contributed by atoms with van der Waals surface area (Å²) in [4.78, 5) is 18.7. The van der Waals surface area contributed by atoms with Crippen LogP contribution in [-0.2, 0) is 0 Å². The van der Waals surface area contributed by atoms with E-state index < -0.39 is 0 Å². The maximum Gasteiger partial charge on any atom is 0.183 e. The molecule has 0 spiro atoms. The lowest BCUT2D eigenvalue weighted by Gasteiger charge is -2.39. The van der Waals surface area contributed by atoms with Gasteiger partial charge in [0.05, 0.1) is 17.6 Å². The van der Waals surface area contributed by atoms with Gasteiger partial charge in [-0.2, -0.15) is 5.10 Å². The van der Waals surface area contributed by atoms with Crippen LogP contribution < -0.4 is 15.5 Å². The number of nitrogens with two attached hydrogens (primary N) is 1. The number of pyridine rings is 1. The molecule has 3 aromatic rings. The molecule has 1 atom stereocenters. The summed E-state index contributed by atoms with van der Waals surface area (Å²) >= 11 is 0. The zero-order valence-electron chi connectivity index (χ0n) is 17.9. The molecule has 2 aliphatic heterocycles. The minimum atomic E-state index is 0. The first kappa shape index (κ1) is 23.5. The molecule has 0 aromatic carbocycles. The van der Waals surface area contributed by atoms with Crippen LogP contribution in [0.4, 0.5) is 17.3 Å². The van der Waals surface area contributed by atoms with Crippen molar-refractivity contribution in [2.45, 2.75) is 39.0 Å². The van der Waals surface area contributed by atoms with Crippen LogP contribution in [0.1, 0.15) is 44.7 Å². The van der Waals surface area contributed by atoms with Crippen LogP contribution in [0.25, 0.3) is 11.2 Å². The first-order chi connectivity index (χ1) is 14.1. The number of fused-ring (bicyclic) bond motifs is 2. The molecular weight excluding hydrogens is 435 g/mol. The van der Waals surface area contributed by atoms with Crippen LogP contribution in [0.3, 0.4) is 0 Å². The van der Waals surface area contributed by atoms with Gasteiger partial charge in [-0.05, 0) is 43.4 Å². The van der Waals surface area contributed by atoms with E-state index in [0.29, 0.717) is 5.92 Å². The number of aromatic amines is 1. The molecule has 5 rings (SSSR count). The van der Waals surface area contributed by atoms with Crippen molar-refractivity contribution in [2.24, 2.45) is 11.1 Å². The van der Waals surface area contributed by atoms with Crippen molar-refractivity contribution >= 4 is 53.3 Å². The van der Waals surface area contributed by atoms with Crippen LogP contribution in [0.5, 0.6) is 0 Å². The van der Waals surface area contributed by atoms with E-state index in [9.17, 15) is 0 Å². The third-order valence-corrected chi connectivity index (χ3v) is 6.64. The normalized spacial score (nSPS) is 20.0. The summed E-state index contributed by atoms with van der Waals surface area (Å²) in [7, 11) is 0. The Bertz CT molecular complexity index is 1030. The van der Waals surface area contributed by atoms with Gasteiger partial charge < -0.3 is 15.5 Å². The molecule has 0 saturated carbocycles. The molecule has 2 aliphatic rings. The Hall–Kier alpha value is -2.16. The molecule has 1 fully saturated rings. The number of piperidine rings is 1. The van der Waals surface area contributed by atoms with E-state index in [4.69, 9.17) is 15.7 Å². The van der Waals surface area contributed by atoms with Gasteiger partial charge in [0.15, 0.2) is 17.0 Å². The van der Waals surface area contributed by atoms with Crippen LogP contribution in [0, 0.1) is 5.41 Å². The Morgan fingerprint density at radius 2 is 1.97 bits per heavy atom. The lowest BCUT2D eigenvalue weighted by Crippen LogP contribution is -2.42. The third kappa shape index (κ3) is 4.16. The second kappa shape index (κ2) is 9.14. The average Bonchev–Trinajstić information content (AvgIpc) is 3.18. The van der Waals surface area contributed by atoms with Gasteiger partial charge in [-0.1, -0.05) is 13.8 Å². The quantitative estimate of drug-likeness (QED) is 0.607. The van der Waals surface area contributed by atoms with Gasteiger partial charge in [-0.3, -0.25) is 10.1 Å². The van der Waals surface area contributed by atoms with E-state index in [2.05, 4.69) is 44.9 Å². The molecular formula is C21H30Cl2N8. The fourth-order valence-electron chi connectivity index (χ4n) is 4.42. The molecule has 3 aromatic heterocycles. The van der Waals surface area contributed by atoms with Crippen molar-refractivity contribution in [1.82, 2.24) is 25.1 Å². The zero-order chi connectivity index (χ0) is 20.0. The van der Waals surface area contributed by atoms with E-state index >= 15 is 0 Å². The number of nitrogens with zero attached hydrogens (tertiary/aromatic N) is 6. The summed E-state index contributed by atoms with van der Waals surface area (Å²) in [5, 5.41) is 7.68. The smallest absolute Gasteiger partial charge is 0.183 e. The zero-order valence-corrected chi connectivity index (χ0v) is 19.5. The molecule has 0 unspecified atom stereocenters. The largest absolute Gasteiger partial charge is 0.355 e. The van der Waals surface area contributed by atoms with Gasteiger partial charge in [0.1, 0.15) is 5.82 Å². The minimum absolute atomic E-state index is 0. The molecule has 0 amide bonds. The summed E-state index contributed by atoms with van der Waals surface area (Å²) in [6.07, 6.45) is 6.93. The van der Waals surface area contributed by atoms with Crippen LogP contribution in [-0.4, -0.2) is 51.3 Å². The molecule has 31 heavy (non-hydrogen) atoms. The van der Waals surface area contributed by atoms with Gasteiger partial charge in [0.2, 0.25) is 0 Å². The highest BCUT2D eigenvalue weighted by molar-refractivity contribution is 5.87. The van der Waals surface area contributed by atoms with Gasteiger partial charge in [-0.15, -0.1) is 24.8 Å². The topological polar surface area (TPSA) is 99.9 Å². The summed E-state index contributed by atoms with van der Waals surface area (Å²) < 4.78 is 0. The molecule has 5 heterocycles. The Morgan fingerprint density at radius 1 is 1.19 bits per heavy atom. The number of hydrogen-bond donors (Lipinski definition) is 2. The van der Waals surface area contributed by atoms with Crippen molar-refractivity contribution < 1.29 is 0 Å². The molecule has 0 radical (unpaired) electrons. The van der Waals surface area contributed by atoms with Crippen molar-refractivity contribution in [2.75, 3.05) is 36.0 Å². The lowest BCUT2D eigenvalue weighted by molar-refractivity contribution is 0.258. The molecule has 8 nitrogen and oxygen atoms in total. The Labute approximate surface area is 194 Å². The molecule has 10 heteroatoms. The molecule has 1 saturated heterocycles. The first-order valence-electron chi connectivity index (χ1n) is 10.5. The van der Waals surface area contributed by atoms with Crippen molar-refractivity contribution in [3.8, 4) is 0 Å². The van der Waals surface area contributed by atoms with Crippen LogP contribution >= 0.6 is 24.8 Å². The number of aromatic nitrogens is 5. The van der Waals surface area contributed by atoms with Gasteiger partial charge >= 0.3 is 0 Å². The second-order valence-electron chi connectivity index (χ2n) is 8.72. The number of nitrogens with one attached hydrogen (secondary N) is 1. The Kier molecular flexibility index (Phi) is 6.93. The SMILES string of the molecule is C[C@@H]1CCN(c2n[nH]c3nc(N4CCC(C)(CN)CC4)cnc23)c2cccnc21.Cl.Cl. The van der Waals surface area contributed by atoms with Gasteiger partial charge in [0, 0.05) is 31.7 Å². The maximum atomic E-state index is 5.94. The number of anilines is 3. The van der Waals surface area contributed by atoms with E-state index in [1.54, 1.807) is 0 Å². The van der Waals surface area contributed by atoms with Crippen molar-refractivity contribution in [1.29, 1.82) is 0 Å². The number of hydrogen-bond acceptors (Lipinski definition) is 7. The maximum absolute atomic E-state index is 5.94. The molecule has 0 bridgehead atoms. The average molecular weight is 465 g/mol. The Morgan fingerprint density at radius 3 is 2.71 bits per heavy atom. The van der Waals surface area contributed by atoms with E-state index in [0.717, 1.165) is 79.6 Å². The fraction of sp³-hybridized carbons (Fsp3) is 0.524. The Balaban J connectivity index is 0.00000136. The van der Waals surface area contributed by atoms with E-state index in [1.807, 2.05) is 18.5 Å². The highest BCUT2D eigenvalue weighted by atomic mass is 35.5. The lowest BCUT2D eigenvalue weighted by atomic mass is 9.80. The fourth-order valence-corrected chi connectivity index (χ4v) is 4.42. The van der Waals surface area contributed by atoms with Crippen molar-refractivity contribution in [3.05, 3.63) is 30.2 Å². The third-order valence-electron chi connectivity index (χ3n) is 6.64. The number of rotatable bonds is 3. The van der Waals surface area contributed by atoms with Gasteiger partial charge in [-0.25, -0.2) is 9.97 Å². The standard InChI is InChI=1S/C21H28N8.2ClH/c1-14-5-9-29(15-4-3-8-23-17(14)15)20-18-19(26-27-20)25-16(12-24-18)28-10-6-21(2,13-22)7-11-28;;/h3-4,8,12,14H,5-7,9-11,13,22H2,1-2H3,(H,25,26,27);2*1H/t14-;;/m1../s1. The molecule has 0 aliphatic carbocycles. The van der Waals surface area contributed by atoms with Gasteiger partial charge in [0.25, 0.3) is 0 Å². The second-order valence-corrected chi connectivity index (χ2v) is 8.72. The summed E-state index contributed by atoms with van der Waals surface area (Å²) in [6.45, 7) is 8.04. The highest BCUT2D eigenvalue weighted by Gasteiger charge is 2.30. The molecule has 168 valence electrons. The highest BCUT2D eigenvalue weighted by Crippen LogP contribution is 2.39. The summed E-state index contributed by atoms with van der Waals surface area (Å²) in [6, 6.07) is 4.09. The van der Waals surface area contributed by atoms with E-state index in [1.165, 1.54) is 0 Å². The summed E-state index contributed by atoms with van der Waals surface area (Å²) in [5.74, 6) is 2.18. The minimum Gasteiger partial charge on any atom is -0.355 e. The van der Waals surface area contributed by atoms with Crippen LogP contribution in [0.15, 0.2) is 24.5 Å². The van der Waals surface area contributed by atoms with Crippen LogP contribution in [0.2, 0.25) is 0 Å². The number of halogens is 2.